The number of aliphatic hydroxyl groups is 1. The van der Waals surface area contributed by atoms with E-state index in [-0.39, 0.29) is 29.3 Å². The predicted octanol–water partition coefficient (Wildman–Crippen LogP) is 5.36. The summed E-state index contributed by atoms with van der Waals surface area (Å²) in [5.41, 5.74) is 1.83. The van der Waals surface area contributed by atoms with E-state index in [9.17, 15) is 14.7 Å². The van der Waals surface area contributed by atoms with Crippen LogP contribution in [0.5, 0.6) is 0 Å². The summed E-state index contributed by atoms with van der Waals surface area (Å²) in [5, 5.41) is 12.5. The predicted molar refractivity (Wildman–Crippen MR) is 111 cm³/mol. The van der Waals surface area contributed by atoms with Crippen LogP contribution in [0.2, 0.25) is 0 Å². The zero-order valence-electron chi connectivity index (χ0n) is 15.8. The van der Waals surface area contributed by atoms with Gasteiger partial charge in [-0.05, 0) is 26.0 Å². The number of hydrogen-bond donors (Lipinski definition) is 1. The number of rotatable bonds is 5. The number of aliphatic hydroxyl groups excluding tert-OH is 1. The molecule has 7 heteroatoms. The summed E-state index contributed by atoms with van der Waals surface area (Å²) < 4.78 is 10.8. The van der Waals surface area contributed by atoms with E-state index < -0.39 is 5.97 Å². The lowest BCUT2D eigenvalue weighted by atomic mass is 10.1. The number of Topliss-reactive ketones (excluding diaryl/α,β-unsaturated/α-hetero) is 1. The van der Waals surface area contributed by atoms with E-state index >= 15 is 0 Å². The highest BCUT2D eigenvalue weighted by molar-refractivity contribution is 7.14. The molecular formula is C22H17NO5S. The van der Waals surface area contributed by atoms with E-state index in [0.29, 0.717) is 27.5 Å². The third kappa shape index (κ3) is 3.30. The van der Waals surface area contributed by atoms with Crippen molar-refractivity contribution < 1.29 is 23.8 Å². The Kier molecular flexibility index (Phi) is 4.90. The number of benzene rings is 1. The lowest BCUT2D eigenvalue weighted by molar-refractivity contribution is 0.0528. The molecule has 0 unspecified atom stereocenters. The molecule has 1 aliphatic carbocycles. The summed E-state index contributed by atoms with van der Waals surface area (Å²) in [6.45, 7) is 3.76. The molecule has 2 aromatic heterocycles. The average molecular weight is 407 g/mol. The second-order valence-corrected chi connectivity index (χ2v) is 7.21. The number of carbonyl (C=O) groups excluding carboxylic acids is 2. The number of esters is 1. The molecule has 29 heavy (non-hydrogen) atoms. The maximum absolute atomic E-state index is 12.6. The van der Waals surface area contributed by atoms with Crippen molar-refractivity contribution >= 4 is 40.1 Å². The minimum Gasteiger partial charge on any atom is -0.506 e. The van der Waals surface area contributed by atoms with Gasteiger partial charge in [0.15, 0.2) is 5.78 Å². The first-order valence-corrected chi connectivity index (χ1v) is 9.86. The second kappa shape index (κ2) is 7.52. The maximum Gasteiger partial charge on any atom is 0.341 e. The molecule has 0 fully saturated rings. The Morgan fingerprint density at radius 3 is 2.62 bits per heavy atom. The molecule has 0 atom stereocenters. The second-order valence-electron chi connectivity index (χ2n) is 6.36. The van der Waals surface area contributed by atoms with Gasteiger partial charge in [-0.15, -0.1) is 11.3 Å². The summed E-state index contributed by atoms with van der Waals surface area (Å²) in [5.74, 6) is 0.303. The molecule has 2 heterocycles. The first-order chi connectivity index (χ1) is 14.0. The van der Waals surface area contributed by atoms with Crippen LogP contribution in [0.15, 0.2) is 56.8 Å². The van der Waals surface area contributed by atoms with Crippen molar-refractivity contribution in [1.29, 1.82) is 0 Å². The average Bonchev–Trinajstić information content (AvgIpc) is 3.39. The molecule has 6 nitrogen and oxygen atoms in total. The molecule has 0 saturated carbocycles. The maximum atomic E-state index is 12.6. The first-order valence-electron chi connectivity index (χ1n) is 8.98. The van der Waals surface area contributed by atoms with E-state index in [1.54, 1.807) is 42.6 Å². The SMILES string of the molecule is CCOC(=O)c1c(-c2ccc(C)o2)csc1N=CC1=C(O)c2ccccc2C1=O. The van der Waals surface area contributed by atoms with Gasteiger partial charge in [0.1, 0.15) is 27.8 Å². The van der Waals surface area contributed by atoms with Crippen LogP contribution in [0.25, 0.3) is 17.1 Å². The molecule has 0 spiro atoms. The van der Waals surface area contributed by atoms with Crippen LogP contribution in [-0.2, 0) is 4.74 Å². The van der Waals surface area contributed by atoms with Gasteiger partial charge in [0.25, 0.3) is 0 Å². The number of carbonyl (C=O) groups is 2. The highest BCUT2D eigenvalue weighted by Crippen LogP contribution is 2.39. The number of aryl methyl sites for hydroxylation is 1. The summed E-state index contributed by atoms with van der Waals surface area (Å²) in [7, 11) is 0. The quantitative estimate of drug-likeness (QED) is 0.454. The zero-order chi connectivity index (χ0) is 20.5. The number of nitrogens with zero attached hydrogens (tertiary/aromatic N) is 1. The van der Waals surface area contributed by atoms with E-state index in [0.717, 1.165) is 5.76 Å². The normalized spacial score (nSPS) is 13.4. The molecule has 0 aliphatic heterocycles. The van der Waals surface area contributed by atoms with Gasteiger partial charge in [0.2, 0.25) is 0 Å². The lowest BCUT2D eigenvalue weighted by Gasteiger charge is -2.03. The topological polar surface area (TPSA) is 89.1 Å². The number of allylic oxidation sites excluding steroid dienone is 1. The molecule has 146 valence electrons. The minimum absolute atomic E-state index is 0.0878. The minimum atomic E-state index is -0.524. The van der Waals surface area contributed by atoms with Crippen molar-refractivity contribution in [1.82, 2.24) is 0 Å². The van der Waals surface area contributed by atoms with Crippen LogP contribution in [-0.4, -0.2) is 29.7 Å². The molecule has 1 N–H and O–H groups in total. The van der Waals surface area contributed by atoms with E-state index in [1.165, 1.54) is 17.6 Å². The summed E-state index contributed by atoms with van der Waals surface area (Å²) in [4.78, 5) is 29.5. The largest absolute Gasteiger partial charge is 0.506 e. The van der Waals surface area contributed by atoms with Crippen molar-refractivity contribution in [2.24, 2.45) is 4.99 Å². The van der Waals surface area contributed by atoms with Gasteiger partial charge in [0, 0.05) is 28.3 Å². The number of fused-ring (bicyclic) bond motifs is 1. The summed E-state index contributed by atoms with van der Waals surface area (Å²) >= 11 is 1.23. The van der Waals surface area contributed by atoms with Crippen LogP contribution < -0.4 is 0 Å². The summed E-state index contributed by atoms with van der Waals surface area (Å²) in [6.07, 6.45) is 1.30. The van der Waals surface area contributed by atoms with Gasteiger partial charge in [-0.25, -0.2) is 9.79 Å². The number of furan rings is 1. The van der Waals surface area contributed by atoms with Gasteiger partial charge in [0.05, 0.1) is 12.2 Å². The summed E-state index contributed by atoms with van der Waals surface area (Å²) in [6, 6.07) is 10.4. The highest BCUT2D eigenvalue weighted by Gasteiger charge is 2.29. The Labute approximate surface area is 170 Å². The van der Waals surface area contributed by atoms with Crippen LogP contribution >= 0.6 is 11.3 Å². The molecule has 4 rings (SSSR count). The Hall–Kier alpha value is -3.45. The molecule has 3 aromatic rings. The fraction of sp³-hybridized carbons (Fsp3) is 0.136. The third-order valence-corrected chi connectivity index (χ3v) is 5.38. The van der Waals surface area contributed by atoms with Crippen molar-refractivity contribution in [3.8, 4) is 11.3 Å². The standard InChI is InChI=1S/C22H17NO5S/c1-3-27-22(26)18-16(17-9-8-12(2)28-17)11-29-21(18)23-10-15-19(24)13-6-4-5-7-14(13)20(15)25/h4-11,24H,3H2,1-2H3. The van der Waals surface area contributed by atoms with Crippen molar-refractivity contribution in [3.63, 3.8) is 0 Å². The first kappa shape index (κ1) is 18.9. The van der Waals surface area contributed by atoms with Crippen LogP contribution in [0.4, 0.5) is 5.00 Å². The van der Waals surface area contributed by atoms with Gasteiger partial charge in [-0.1, -0.05) is 24.3 Å². The van der Waals surface area contributed by atoms with Gasteiger partial charge in [-0.2, -0.15) is 0 Å². The zero-order valence-corrected chi connectivity index (χ0v) is 16.6. The molecule has 0 bridgehead atoms. The number of ketones is 1. The Morgan fingerprint density at radius 1 is 1.21 bits per heavy atom. The molecule has 1 aliphatic rings. The number of ether oxygens (including phenoxy) is 1. The van der Waals surface area contributed by atoms with Crippen molar-refractivity contribution in [3.05, 3.63) is 69.8 Å². The van der Waals surface area contributed by atoms with Crippen LogP contribution in [0.1, 0.15) is 39.0 Å². The smallest absolute Gasteiger partial charge is 0.341 e. The Balaban J connectivity index is 1.74. The van der Waals surface area contributed by atoms with E-state index in [4.69, 9.17) is 9.15 Å². The van der Waals surface area contributed by atoms with Gasteiger partial charge in [-0.3, -0.25) is 4.79 Å². The molecule has 0 saturated heterocycles. The number of thiophene rings is 1. The van der Waals surface area contributed by atoms with Crippen molar-refractivity contribution in [2.45, 2.75) is 13.8 Å². The van der Waals surface area contributed by atoms with Crippen LogP contribution in [0, 0.1) is 6.92 Å². The Morgan fingerprint density at radius 2 is 1.97 bits per heavy atom. The van der Waals surface area contributed by atoms with Gasteiger partial charge < -0.3 is 14.3 Å². The highest BCUT2D eigenvalue weighted by atomic mass is 32.1. The fourth-order valence-corrected chi connectivity index (χ4v) is 4.02. The molecule has 1 aromatic carbocycles. The molecule has 0 amide bonds. The van der Waals surface area contributed by atoms with E-state index in [2.05, 4.69) is 4.99 Å². The Bertz CT molecular complexity index is 1180. The monoisotopic (exact) mass is 407 g/mol. The lowest BCUT2D eigenvalue weighted by Crippen LogP contribution is -2.05. The van der Waals surface area contributed by atoms with E-state index in [1.807, 2.05) is 13.0 Å². The number of hydrogen-bond acceptors (Lipinski definition) is 7. The van der Waals surface area contributed by atoms with Crippen LogP contribution in [0.3, 0.4) is 0 Å². The number of aliphatic imine (C=N–C) groups is 1. The van der Waals surface area contributed by atoms with Gasteiger partial charge >= 0.3 is 5.97 Å². The molecular weight excluding hydrogens is 390 g/mol. The third-order valence-electron chi connectivity index (χ3n) is 4.49. The fourth-order valence-electron chi connectivity index (χ4n) is 3.13. The molecule has 0 radical (unpaired) electrons. The van der Waals surface area contributed by atoms with Crippen molar-refractivity contribution in [2.75, 3.05) is 6.61 Å².